The summed E-state index contributed by atoms with van der Waals surface area (Å²) in [5, 5.41) is 29.8. The number of carbonyl (C=O) groups is 2. The lowest BCUT2D eigenvalue weighted by molar-refractivity contribution is -0.167. The molecule has 11 N–H and O–H groups in total. The molecule has 256 valence electrons. The highest BCUT2D eigenvalue weighted by atomic mass is 79.9. The Hall–Kier alpha value is -3.80. The minimum Gasteiger partial charge on any atom is -0.379 e. The highest BCUT2D eigenvalue weighted by Gasteiger charge is 2.70. The van der Waals surface area contributed by atoms with Gasteiger partial charge in [-0.05, 0) is 61.1 Å². The van der Waals surface area contributed by atoms with Crippen LogP contribution in [0.1, 0.15) is 42.7 Å². The van der Waals surface area contributed by atoms with Gasteiger partial charge in [-0.25, -0.2) is 11.7 Å². The second kappa shape index (κ2) is 15.6. The van der Waals surface area contributed by atoms with Crippen LogP contribution in [-0.2, 0) is 16.0 Å². The van der Waals surface area contributed by atoms with E-state index in [2.05, 4.69) is 68.0 Å². The number of amides is 2. The van der Waals surface area contributed by atoms with Crippen molar-refractivity contribution < 1.29 is 19.8 Å². The number of likely N-dealkylation sites (tertiary alicyclic amines) is 1. The molecule has 48 heavy (non-hydrogen) atoms. The summed E-state index contributed by atoms with van der Waals surface area (Å²) in [7, 11) is 0. The van der Waals surface area contributed by atoms with Crippen LogP contribution in [0.3, 0.4) is 0 Å². The molecular formula is C32H40Br2N10O4. The van der Waals surface area contributed by atoms with Crippen molar-refractivity contribution in [3.63, 3.8) is 0 Å². The molecule has 1 saturated heterocycles. The molecule has 0 radical (unpaired) electrons. The lowest BCUT2D eigenvalue weighted by Crippen LogP contribution is -2.59. The minimum absolute atomic E-state index is 0.00265. The lowest BCUT2D eigenvalue weighted by atomic mass is 9.75. The third-order valence-corrected chi connectivity index (χ3v) is 9.65. The molecule has 1 aliphatic heterocycles. The Balaban J connectivity index is 1.57. The monoisotopic (exact) mass is 786 g/mol. The Bertz CT molecular complexity index is 1810. The number of hydrogen-bond donors (Lipinski definition) is 9. The van der Waals surface area contributed by atoms with Crippen LogP contribution in [0.25, 0.3) is 21.8 Å². The number of halogens is 2. The Labute approximate surface area is 294 Å². The van der Waals surface area contributed by atoms with Gasteiger partial charge < -0.3 is 41.2 Å². The van der Waals surface area contributed by atoms with Gasteiger partial charge in [0.1, 0.15) is 0 Å². The number of nitrogens with one attached hydrogen (secondary N) is 5. The largest absolute Gasteiger partial charge is 0.379 e. The van der Waals surface area contributed by atoms with E-state index < -0.39 is 29.1 Å². The highest BCUT2D eigenvalue weighted by molar-refractivity contribution is 9.10. The van der Waals surface area contributed by atoms with Crippen molar-refractivity contribution in [2.75, 3.05) is 26.2 Å². The van der Waals surface area contributed by atoms with Crippen molar-refractivity contribution in [3.05, 3.63) is 68.9 Å². The van der Waals surface area contributed by atoms with Gasteiger partial charge in [-0.3, -0.25) is 19.6 Å². The molecule has 2 amide bonds. The van der Waals surface area contributed by atoms with Crippen LogP contribution in [0.15, 0.2) is 67.7 Å². The molecule has 14 nitrogen and oxygen atoms in total. The number of hydrazine groups is 2. The second-order valence-electron chi connectivity index (χ2n) is 11.7. The van der Waals surface area contributed by atoms with E-state index in [1.807, 2.05) is 36.4 Å². The number of aliphatic hydroxyl groups is 2. The normalized spacial score (nSPS) is 21.3. The molecule has 5 rings (SSSR count). The first-order valence-corrected chi connectivity index (χ1v) is 17.2. The van der Waals surface area contributed by atoms with Gasteiger partial charge in [0.25, 0.3) is 11.8 Å². The van der Waals surface area contributed by atoms with Crippen LogP contribution in [0, 0.1) is 0 Å². The van der Waals surface area contributed by atoms with E-state index >= 15 is 0 Å². The molecule has 2 aromatic carbocycles. The number of benzene rings is 2. The Morgan fingerprint density at radius 2 is 1.52 bits per heavy atom. The fraction of sp³-hybridized carbons (Fsp3) is 0.375. The lowest BCUT2D eigenvalue weighted by Gasteiger charge is -2.37. The summed E-state index contributed by atoms with van der Waals surface area (Å²) in [6.45, 7) is 1.13. The van der Waals surface area contributed by atoms with Crippen LogP contribution in [0.5, 0.6) is 0 Å². The number of aromatic amines is 2. The maximum absolute atomic E-state index is 14.6. The third-order valence-electron chi connectivity index (χ3n) is 8.67. The number of hydrogen-bond acceptors (Lipinski definition) is 8. The average molecular weight is 789 g/mol. The van der Waals surface area contributed by atoms with Gasteiger partial charge in [-0.1, -0.05) is 44.0 Å². The summed E-state index contributed by atoms with van der Waals surface area (Å²) >= 11 is 6.98. The first kappa shape index (κ1) is 35.5. The van der Waals surface area contributed by atoms with Crippen molar-refractivity contribution in [1.82, 2.24) is 31.0 Å². The molecule has 2 aromatic heterocycles. The quantitative estimate of drug-likeness (QED) is 0.0269. The summed E-state index contributed by atoms with van der Waals surface area (Å²) in [5.74, 6) is 7.60. The Morgan fingerprint density at radius 1 is 0.917 bits per heavy atom. The highest BCUT2D eigenvalue weighted by Crippen LogP contribution is 2.51. The van der Waals surface area contributed by atoms with E-state index in [9.17, 15) is 19.8 Å². The van der Waals surface area contributed by atoms with E-state index in [-0.39, 0.29) is 19.5 Å². The molecular weight excluding hydrogens is 748 g/mol. The summed E-state index contributed by atoms with van der Waals surface area (Å²) in [4.78, 5) is 44.7. The standard InChI is InChI=1S/C32H40Br2N10O4/c33-21-5-7-23-20(16-40-26(23)13-21)15-31(47)28(25-17-41-27-14-22(34)6-8-24(25)27)32(48,29(45)39-11-2-1-9-37-18-42-35)44(30(31)46)12-4-3-10-38-19-43-36/h5-8,13-14,16-19,28,40-41,47-48H,1-4,9-12,15,35-36H2,(H,37,42)(H,38,43)(H,39,45). The first-order valence-electron chi connectivity index (χ1n) is 15.6. The summed E-state index contributed by atoms with van der Waals surface area (Å²) in [6.07, 6.45) is 8.16. The van der Waals surface area contributed by atoms with Gasteiger partial charge >= 0.3 is 0 Å². The van der Waals surface area contributed by atoms with E-state index in [0.29, 0.717) is 60.8 Å². The third kappa shape index (κ3) is 7.13. The van der Waals surface area contributed by atoms with Crippen LogP contribution in [0.4, 0.5) is 0 Å². The number of aliphatic imine (C=N–C) groups is 2. The molecule has 0 aliphatic carbocycles. The number of fused-ring (bicyclic) bond motifs is 2. The summed E-state index contributed by atoms with van der Waals surface area (Å²) in [6, 6.07) is 11.2. The topological polar surface area (TPSA) is 222 Å². The van der Waals surface area contributed by atoms with Crippen molar-refractivity contribution in [2.24, 2.45) is 21.7 Å². The van der Waals surface area contributed by atoms with Gasteiger partial charge in [0.15, 0.2) is 5.60 Å². The molecule has 4 aromatic rings. The SMILES string of the molecule is NNC=NCCCCNC(=O)C1(O)C(c2c[nH]c3cc(Br)ccc23)C(O)(Cc2c[nH]c3cc(Br)ccc23)C(=O)N1CCCCN=CNN. The minimum atomic E-state index is -2.44. The zero-order chi connectivity index (χ0) is 34.3. The maximum atomic E-state index is 14.6. The smallest absolute Gasteiger partial charge is 0.274 e. The van der Waals surface area contributed by atoms with Gasteiger partial charge in [0.2, 0.25) is 5.72 Å². The van der Waals surface area contributed by atoms with Gasteiger partial charge in [-0.15, -0.1) is 0 Å². The van der Waals surface area contributed by atoms with E-state index in [4.69, 9.17) is 11.7 Å². The molecule has 0 saturated carbocycles. The van der Waals surface area contributed by atoms with Gasteiger partial charge in [0.05, 0.1) is 18.6 Å². The number of carbonyl (C=O) groups excluding carboxylic acids is 2. The molecule has 0 bridgehead atoms. The number of unbranched alkanes of at least 4 members (excludes halogenated alkanes) is 2. The van der Waals surface area contributed by atoms with Crippen LogP contribution in [0.2, 0.25) is 0 Å². The molecule has 0 spiro atoms. The zero-order valence-corrected chi connectivity index (χ0v) is 29.4. The molecule has 3 atom stereocenters. The van der Waals surface area contributed by atoms with E-state index in [1.165, 1.54) is 12.7 Å². The fourth-order valence-corrected chi connectivity index (χ4v) is 7.22. The van der Waals surface area contributed by atoms with Crippen molar-refractivity contribution >= 4 is 78.2 Å². The molecule has 1 fully saturated rings. The number of nitrogens with zero attached hydrogens (tertiary/aromatic N) is 3. The Morgan fingerprint density at radius 3 is 2.19 bits per heavy atom. The molecule has 1 aliphatic rings. The van der Waals surface area contributed by atoms with Crippen molar-refractivity contribution in [2.45, 2.75) is 49.3 Å². The molecule has 3 heterocycles. The van der Waals surface area contributed by atoms with Crippen molar-refractivity contribution in [3.8, 4) is 0 Å². The maximum Gasteiger partial charge on any atom is 0.274 e. The number of nitrogens with two attached hydrogens (primary N) is 2. The zero-order valence-electron chi connectivity index (χ0n) is 26.2. The Kier molecular flexibility index (Phi) is 11.5. The van der Waals surface area contributed by atoms with Crippen molar-refractivity contribution in [1.29, 1.82) is 0 Å². The van der Waals surface area contributed by atoms with E-state index in [1.54, 1.807) is 12.4 Å². The second-order valence-corrected chi connectivity index (χ2v) is 13.6. The number of rotatable bonds is 16. The van der Waals surface area contributed by atoms with Crippen LogP contribution in [-0.4, -0.2) is 87.1 Å². The average Bonchev–Trinajstić information content (AvgIpc) is 3.70. The number of aromatic nitrogens is 2. The van der Waals surface area contributed by atoms with Gasteiger partial charge in [0, 0.05) is 75.7 Å². The molecule has 16 heteroatoms. The van der Waals surface area contributed by atoms with E-state index in [0.717, 1.165) is 24.7 Å². The molecule has 3 unspecified atom stereocenters. The summed E-state index contributed by atoms with van der Waals surface area (Å²) in [5.41, 5.74) is 2.69. The summed E-state index contributed by atoms with van der Waals surface area (Å²) < 4.78 is 1.69. The first-order chi connectivity index (χ1) is 23.1. The van der Waals surface area contributed by atoms with Crippen LogP contribution < -0.4 is 27.9 Å². The van der Waals surface area contributed by atoms with Crippen LogP contribution >= 0.6 is 31.9 Å². The fourth-order valence-electron chi connectivity index (χ4n) is 6.50. The number of H-pyrrole nitrogens is 2. The predicted octanol–water partition coefficient (Wildman–Crippen LogP) is 2.42. The predicted molar refractivity (Wildman–Crippen MR) is 193 cm³/mol. The van der Waals surface area contributed by atoms with Gasteiger partial charge in [-0.2, -0.15) is 0 Å².